The fourth-order valence-electron chi connectivity index (χ4n) is 1.17. The van der Waals surface area contributed by atoms with Gasteiger partial charge in [-0.3, -0.25) is 4.79 Å². The number of methoxy groups -OCH3 is 1. The number of hydrogen-bond donors (Lipinski definition) is 1. The molecule has 76 valence electrons. The maximum Gasteiger partial charge on any atom is 0.151 e. The number of nitrogens with two attached hydrogens (primary N) is 1. The van der Waals surface area contributed by atoms with Gasteiger partial charge in [0.2, 0.25) is 0 Å². The number of ketones is 1. The molecule has 0 aliphatic rings. The number of rotatable bonds is 3. The van der Waals surface area contributed by atoms with Gasteiger partial charge >= 0.3 is 0 Å². The molecule has 0 spiro atoms. The first-order chi connectivity index (χ1) is 6.56. The van der Waals surface area contributed by atoms with Crippen molar-refractivity contribution < 1.29 is 9.53 Å². The molecule has 14 heavy (non-hydrogen) atoms. The summed E-state index contributed by atoms with van der Waals surface area (Å²) in [4.78, 5) is 11.1. The van der Waals surface area contributed by atoms with Crippen LogP contribution >= 0.6 is 15.9 Å². The van der Waals surface area contributed by atoms with Gasteiger partial charge in [0, 0.05) is 10.0 Å². The predicted octanol–water partition coefficient (Wildman–Crippen LogP) is 2.05. The number of Topliss-reactive ketones (excluding diaryl/α,β-unsaturated/α-hetero) is 1. The third-order valence-corrected chi connectivity index (χ3v) is 2.46. The fourth-order valence-corrected chi connectivity index (χ4v) is 1.55. The Hall–Kier alpha value is -0.870. The van der Waals surface area contributed by atoms with Gasteiger partial charge in [-0.15, -0.1) is 0 Å². The summed E-state index contributed by atoms with van der Waals surface area (Å²) < 4.78 is 6.00. The molecule has 4 heteroatoms. The topological polar surface area (TPSA) is 52.3 Å². The molecule has 0 amide bonds. The first-order valence-electron chi connectivity index (χ1n) is 4.15. The normalized spacial score (nSPS) is 12.3. The predicted molar refractivity (Wildman–Crippen MR) is 58.3 cm³/mol. The number of ether oxygens (including phenoxy) is 1. The van der Waals surface area contributed by atoms with Gasteiger partial charge in [-0.1, -0.05) is 15.9 Å². The Kier molecular flexibility index (Phi) is 3.66. The smallest absolute Gasteiger partial charge is 0.151 e. The van der Waals surface area contributed by atoms with Gasteiger partial charge in [0.05, 0.1) is 13.2 Å². The average Bonchev–Trinajstić information content (AvgIpc) is 2.16. The molecular formula is C10H12BrNO2. The van der Waals surface area contributed by atoms with E-state index in [1.807, 2.05) is 6.07 Å². The lowest BCUT2D eigenvalue weighted by molar-refractivity contribution is -0.118. The first kappa shape index (κ1) is 11.2. The summed E-state index contributed by atoms with van der Waals surface area (Å²) in [6, 6.07) is 4.80. The lowest BCUT2D eigenvalue weighted by Gasteiger charge is -2.13. The summed E-state index contributed by atoms with van der Waals surface area (Å²) in [6.07, 6.45) is 0. The van der Waals surface area contributed by atoms with Crippen molar-refractivity contribution in [2.45, 2.75) is 13.0 Å². The van der Waals surface area contributed by atoms with Crippen molar-refractivity contribution in [3.05, 3.63) is 28.2 Å². The molecule has 1 aromatic carbocycles. The van der Waals surface area contributed by atoms with Crippen LogP contribution in [0.15, 0.2) is 22.7 Å². The Morgan fingerprint density at radius 3 is 2.71 bits per heavy atom. The second-order valence-corrected chi connectivity index (χ2v) is 3.89. The van der Waals surface area contributed by atoms with E-state index in [1.54, 1.807) is 19.2 Å². The van der Waals surface area contributed by atoms with Gasteiger partial charge in [0.15, 0.2) is 5.78 Å². The van der Waals surface area contributed by atoms with E-state index in [2.05, 4.69) is 15.9 Å². The number of benzene rings is 1. The Morgan fingerprint density at radius 1 is 1.57 bits per heavy atom. The van der Waals surface area contributed by atoms with Crippen molar-refractivity contribution in [3.8, 4) is 5.75 Å². The van der Waals surface area contributed by atoms with Crippen LogP contribution in [0.25, 0.3) is 0 Å². The van der Waals surface area contributed by atoms with Gasteiger partial charge < -0.3 is 10.5 Å². The Balaban J connectivity index is 3.16. The van der Waals surface area contributed by atoms with Crippen molar-refractivity contribution in [2.24, 2.45) is 5.73 Å². The van der Waals surface area contributed by atoms with E-state index in [4.69, 9.17) is 10.5 Å². The quantitative estimate of drug-likeness (QED) is 0.902. The molecular weight excluding hydrogens is 246 g/mol. The largest absolute Gasteiger partial charge is 0.496 e. The van der Waals surface area contributed by atoms with E-state index in [9.17, 15) is 4.79 Å². The second-order valence-electron chi connectivity index (χ2n) is 2.97. The monoisotopic (exact) mass is 257 g/mol. The molecule has 1 rings (SSSR count). The number of hydrogen-bond acceptors (Lipinski definition) is 3. The molecule has 0 radical (unpaired) electrons. The van der Waals surface area contributed by atoms with Gasteiger partial charge in [-0.25, -0.2) is 0 Å². The highest BCUT2D eigenvalue weighted by atomic mass is 79.9. The van der Waals surface area contributed by atoms with Crippen LogP contribution in [0.4, 0.5) is 0 Å². The van der Waals surface area contributed by atoms with Crippen molar-refractivity contribution in [2.75, 3.05) is 7.11 Å². The Morgan fingerprint density at radius 2 is 2.21 bits per heavy atom. The van der Waals surface area contributed by atoms with E-state index < -0.39 is 6.04 Å². The molecule has 1 unspecified atom stereocenters. The fraction of sp³-hybridized carbons (Fsp3) is 0.300. The molecule has 1 aromatic rings. The zero-order valence-electron chi connectivity index (χ0n) is 8.08. The van der Waals surface area contributed by atoms with E-state index in [1.165, 1.54) is 6.92 Å². The van der Waals surface area contributed by atoms with Gasteiger partial charge in [-0.2, -0.15) is 0 Å². The maximum atomic E-state index is 11.1. The van der Waals surface area contributed by atoms with E-state index in [-0.39, 0.29) is 5.78 Å². The lowest BCUT2D eigenvalue weighted by atomic mass is 10.0. The third-order valence-electron chi connectivity index (χ3n) is 1.96. The van der Waals surface area contributed by atoms with Crippen LogP contribution in [0.3, 0.4) is 0 Å². The molecule has 0 heterocycles. The summed E-state index contributed by atoms with van der Waals surface area (Å²) in [5.41, 5.74) is 6.44. The molecule has 0 aliphatic heterocycles. The van der Waals surface area contributed by atoms with Gasteiger partial charge in [-0.05, 0) is 25.1 Å². The third kappa shape index (κ3) is 2.33. The highest BCUT2D eigenvalue weighted by Gasteiger charge is 2.16. The Labute approximate surface area is 91.4 Å². The van der Waals surface area contributed by atoms with Crippen LogP contribution in [0.2, 0.25) is 0 Å². The van der Waals surface area contributed by atoms with Crippen LogP contribution in [-0.4, -0.2) is 12.9 Å². The first-order valence-corrected chi connectivity index (χ1v) is 4.95. The van der Waals surface area contributed by atoms with Crippen LogP contribution < -0.4 is 10.5 Å². The molecule has 3 nitrogen and oxygen atoms in total. The van der Waals surface area contributed by atoms with Crippen LogP contribution in [0.5, 0.6) is 5.75 Å². The van der Waals surface area contributed by atoms with Crippen LogP contribution in [-0.2, 0) is 4.79 Å². The highest BCUT2D eigenvalue weighted by molar-refractivity contribution is 9.10. The van der Waals surface area contributed by atoms with E-state index in [0.717, 1.165) is 4.47 Å². The van der Waals surface area contributed by atoms with Gasteiger partial charge in [0.25, 0.3) is 0 Å². The van der Waals surface area contributed by atoms with Crippen molar-refractivity contribution in [3.63, 3.8) is 0 Å². The van der Waals surface area contributed by atoms with Crippen molar-refractivity contribution >= 4 is 21.7 Å². The Bertz CT molecular complexity index is 352. The molecule has 0 saturated heterocycles. The SMILES string of the molecule is COc1ccc(Br)cc1C(N)C(C)=O. The molecule has 0 aliphatic carbocycles. The van der Waals surface area contributed by atoms with Crippen LogP contribution in [0, 0.1) is 0 Å². The zero-order valence-corrected chi connectivity index (χ0v) is 9.67. The second kappa shape index (κ2) is 4.57. The summed E-state index contributed by atoms with van der Waals surface area (Å²) in [6.45, 7) is 1.46. The zero-order chi connectivity index (χ0) is 10.7. The minimum absolute atomic E-state index is 0.0820. The van der Waals surface area contributed by atoms with Crippen LogP contribution in [0.1, 0.15) is 18.5 Å². The molecule has 0 saturated carbocycles. The van der Waals surface area contributed by atoms with Crippen molar-refractivity contribution in [1.29, 1.82) is 0 Å². The lowest BCUT2D eigenvalue weighted by Crippen LogP contribution is -2.19. The molecule has 0 aromatic heterocycles. The summed E-state index contributed by atoms with van der Waals surface area (Å²) in [5, 5.41) is 0. The minimum atomic E-state index is -0.623. The summed E-state index contributed by atoms with van der Waals surface area (Å²) in [5.74, 6) is 0.553. The number of carbonyl (C=O) groups is 1. The van der Waals surface area contributed by atoms with E-state index >= 15 is 0 Å². The van der Waals surface area contributed by atoms with Gasteiger partial charge in [0.1, 0.15) is 5.75 Å². The maximum absolute atomic E-state index is 11.1. The molecule has 0 fully saturated rings. The average molecular weight is 258 g/mol. The number of halogens is 1. The summed E-state index contributed by atoms with van der Waals surface area (Å²) in [7, 11) is 1.56. The van der Waals surface area contributed by atoms with Crippen molar-refractivity contribution in [1.82, 2.24) is 0 Å². The number of carbonyl (C=O) groups excluding carboxylic acids is 1. The standard InChI is InChI=1S/C10H12BrNO2/c1-6(13)10(12)8-5-7(11)3-4-9(8)14-2/h3-5,10H,12H2,1-2H3. The molecule has 1 atom stereocenters. The minimum Gasteiger partial charge on any atom is -0.496 e. The summed E-state index contributed by atoms with van der Waals surface area (Å²) >= 11 is 3.32. The molecule has 2 N–H and O–H groups in total. The molecule has 0 bridgehead atoms. The highest BCUT2D eigenvalue weighted by Crippen LogP contribution is 2.27. The van der Waals surface area contributed by atoms with E-state index in [0.29, 0.717) is 11.3 Å².